The SMILES string of the molecule is Cc1cc(C)c(C2CCNCC2CC(C)C)c(C)c1. The van der Waals surface area contributed by atoms with Crippen LogP contribution in [-0.2, 0) is 0 Å². The van der Waals surface area contributed by atoms with Crippen LogP contribution in [0.15, 0.2) is 12.1 Å². The number of rotatable bonds is 3. The lowest BCUT2D eigenvalue weighted by molar-refractivity contribution is 0.279. The molecule has 19 heavy (non-hydrogen) atoms. The molecule has 1 N–H and O–H groups in total. The van der Waals surface area contributed by atoms with E-state index in [0.29, 0.717) is 0 Å². The maximum absolute atomic E-state index is 3.59. The van der Waals surface area contributed by atoms with Crippen molar-refractivity contribution < 1.29 is 0 Å². The molecular formula is C18H29N. The molecule has 0 spiro atoms. The second kappa shape index (κ2) is 6.09. The van der Waals surface area contributed by atoms with Crippen LogP contribution in [0.4, 0.5) is 0 Å². The second-order valence-electron chi connectivity index (χ2n) is 6.80. The Morgan fingerprint density at radius 2 is 1.79 bits per heavy atom. The van der Waals surface area contributed by atoms with Crippen LogP contribution < -0.4 is 5.32 Å². The highest BCUT2D eigenvalue weighted by Gasteiger charge is 2.28. The Hall–Kier alpha value is -0.820. The number of benzene rings is 1. The molecule has 0 aliphatic carbocycles. The third-order valence-corrected chi connectivity index (χ3v) is 4.49. The van der Waals surface area contributed by atoms with E-state index < -0.39 is 0 Å². The Kier molecular flexibility index (Phi) is 4.67. The highest BCUT2D eigenvalue weighted by molar-refractivity contribution is 5.40. The van der Waals surface area contributed by atoms with Crippen molar-refractivity contribution in [1.29, 1.82) is 0 Å². The largest absolute Gasteiger partial charge is 0.316 e. The molecule has 1 aliphatic heterocycles. The van der Waals surface area contributed by atoms with Crippen molar-refractivity contribution in [2.45, 2.75) is 53.4 Å². The van der Waals surface area contributed by atoms with Gasteiger partial charge in [0.25, 0.3) is 0 Å². The zero-order valence-electron chi connectivity index (χ0n) is 13.2. The van der Waals surface area contributed by atoms with Crippen LogP contribution in [0, 0.1) is 32.6 Å². The summed E-state index contributed by atoms with van der Waals surface area (Å²) in [5, 5.41) is 3.59. The molecule has 0 radical (unpaired) electrons. The number of hydrogen-bond donors (Lipinski definition) is 1. The van der Waals surface area contributed by atoms with Crippen LogP contribution in [0.25, 0.3) is 0 Å². The third kappa shape index (κ3) is 3.39. The van der Waals surface area contributed by atoms with E-state index in [2.05, 4.69) is 52.1 Å². The normalized spacial score (nSPS) is 23.9. The molecular weight excluding hydrogens is 230 g/mol. The molecule has 1 aromatic rings. The van der Waals surface area contributed by atoms with Crippen LogP contribution in [0.5, 0.6) is 0 Å². The van der Waals surface area contributed by atoms with E-state index in [1.807, 2.05) is 0 Å². The molecule has 1 aromatic carbocycles. The predicted octanol–water partition coefficient (Wildman–Crippen LogP) is 4.35. The Morgan fingerprint density at radius 1 is 1.16 bits per heavy atom. The molecule has 0 aromatic heterocycles. The quantitative estimate of drug-likeness (QED) is 0.851. The van der Waals surface area contributed by atoms with E-state index in [9.17, 15) is 0 Å². The van der Waals surface area contributed by atoms with E-state index in [0.717, 1.165) is 17.8 Å². The molecule has 106 valence electrons. The Labute approximate surface area is 118 Å². The van der Waals surface area contributed by atoms with E-state index >= 15 is 0 Å². The maximum atomic E-state index is 3.59. The molecule has 2 rings (SSSR count). The number of hydrogen-bond acceptors (Lipinski definition) is 1. The molecule has 1 saturated heterocycles. The Balaban J connectivity index is 2.32. The summed E-state index contributed by atoms with van der Waals surface area (Å²) in [7, 11) is 0. The average Bonchev–Trinajstić information content (AvgIpc) is 2.29. The van der Waals surface area contributed by atoms with Gasteiger partial charge in [-0.15, -0.1) is 0 Å². The van der Waals surface area contributed by atoms with E-state index in [4.69, 9.17) is 0 Å². The molecule has 1 heterocycles. The number of piperidine rings is 1. The summed E-state index contributed by atoms with van der Waals surface area (Å²) < 4.78 is 0. The lowest BCUT2D eigenvalue weighted by atomic mass is 9.74. The Morgan fingerprint density at radius 3 is 2.37 bits per heavy atom. The lowest BCUT2D eigenvalue weighted by Crippen LogP contribution is -2.36. The zero-order valence-corrected chi connectivity index (χ0v) is 13.2. The summed E-state index contributed by atoms with van der Waals surface area (Å²) >= 11 is 0. The summed E-state index contributed by atoms with van der Waals surface area (Å²) in [6.07, 6.45) is 2.63. The fourth-order valence-corrected chi connectivity index (χ4v) is 3.93. The van der Waals surface area contributed by atoms with Crippen molar-refractivity contribution in [3.05, 3.63) is 34.4 Å². The van der Waals surface area contributed by atoms with Crippen LogP contribution in [-0.4, -0.2) is 13.1 Å². The van der Waals surface area contributed by atoms with Gasteiger partial charge < -0.3 is 5.32 Å². The van der Waals surface area contributed by atoms with Gasteiger partial charge in [-0.05, 0) is 81.1 Å². The number of aryl methyl sites for hydroxylation is 3. The molecule has 2 unspecified atom stereocenters. The summed E-state index contributed by atoms with van der Waals surface area (Å²) in [5.41, 5.74) is 6.03. The van der Waals surface area contributed by atoms with Crippen LogP contribution in [0.2, 0.25) is 0 Å². The lowest BCUT2D eigenvalue weighted by Gasteiger charge is -2.35. The molecule has 1 heteroatoms. The minimum Gasteiger partial charge on any atom is -0.316 e. The minimum atomic E-state index is 0.754. The third-order valence-electron chi connectivity index (χ3n) is 4.49. The van der Waals surface area contributed by atoms with Gasteiger partial charge in [0.15, 0.2) is 0 Å². The van der Waals surface area contributed by atoms with Crippen molar-refractivity contribution in [3.63, 3.8) is 0 Å². The first kappa shape index (κ1) is 14.6. The molecule has 0 saturated carbocycles. The monoisotopic (exact) mass is 259 g/mol. The molecule has 1 aliphatic rings. The predicted molar refractivity (Wildman–Crippen MR) is 83.8 cm³/mol. The smallest absolute Gasteiger partial charge is 0.00146 e. The average molecular weight is 259 g/mol. The minimum absolute atomic E-state index is 0.754. The van der Waals surface area contributed by atoms with Crippen LogP contribution in [0.3, 0.4) is 0 Å². The van der Waals surface area contributed by atoms with Gasteiger partial charge in [-0.3, -0.25) is 0 Å². The van der Waals surface area contributed by atoms with Gasteiger partial charge in [-0.1, -0.05) is 31.5 Å². The van der Waals surface area contributed by atoms with Crippen molar-refractivity contribution in [3.8, 4) is 0 Å². The van der Waals surface area contributed by atoms with Gasteiger partial charge in [0, 0.05) is 0 Å². The zero-order chi connectivity index (χ0) is 14.0. The first-order chi connectivity index (χ1) is 8.99. The summed E-state index contributed by atoms with van der Waals surface area (Å²) in [4.78, 5) is 0. The van der Waals surface area contributed by atoms with Crippen molar-refractivity contribution in [2.75, 3.05) is 13.1 Å². The van der Waals surface area contributed by atoms with Crippen LogP contribution >= 0.6 is 0 Å². The first-order valence-electron chi connectivity index (χ1n) is 7.77. The van der Waals surface area contributed by atoms with Gasteiger partial charge in [0.1, 0.15) is 0 Å². The Bertz CT molecular complexity index is 410. The van der Waals surface area contributed by atoms with Gasteiger partial charge in [-0.25, -0.2) is 0 Å². The highest BCUT2D eigenvalue weighted by atomic mass is 14.9. The van der Waals surface area contributed by atoms with Crippen molar-refractivity contribution in [1.82, 2.24) is 5.32 Å². The van der Waals surface area contributed by atoms with Gasteiger partial charge in [0.05, 0.1) is 0 Å². The standard InChI is InChI=1S/C18H29N/c1-12(2)8-16-11-19-7-6-17(16)18-14(4)9-13(3)10-15(18)5/h9-10,12,16-17,19H,6-8,11H2,1-5H3. The van der Waals surface area contributed by atoms with Crippen molar-refractivity contribution >= 4 is 0 Å². The van der Waals surface area contributed by atoms with Crippen LogP contribution in [0.1, 0.15) is 54.9 Å². The second-order valence-corrected chi connectivity index (χ2v) is 6.80. The first-order valence-corrected chi connectivity index (χ1v) is 7.77. The fourth-order valence-electron chi connectivity index (χ4n) is 3.93. The topological polar surface area (TPSA) is 12.0 Å². The highest BCUT2D eigenvalue weighted by Crippen LogP contribution is 2.37. The van der Waals surface area contributed by atoms with E-state index in [1.165, 1.54) is 42.6 Å². The fraction of sp³-hybridized carbons (Fsp3) is 0.667. The van der Waals surface area contributed by atoms with E-state index in [1.54, 1.807) is 5.56 Å². The summed E-state index contributed by atoms with van der Waals surface area (Å²) in [5.74, 6) is 2.34. The molecule has 1 nitrogen and oxygen atoms in total. The number of nitrogens with one attached hydrogen (secondary N) is 1. The summed E-state index contributed by atoms with van der Waals surface area (Å²) in [6, 6.07) is 4.72. The van der Waals surface area contributed by atoms with Crippen molar-refractivity contribution in [2.24, 2.45) is 11.8 Å². The van der Waals surface area contributed by atoms with E-state index in [-0.39, 0.29) is 0 Å². The van der Waals surface area contributed by atoms with Gasteiger partial charge >= 0.3 is 0 Å². The summed E-state index contributed by atoms with van der Waals surface area (Å²) in [6.45, 7) is 13.9. The molecule has 0 bridgehead atoms. The molecule has 1 fully saturated rings. The molecule has 2 atom stereocenters. The molecule has 0 amide bonds. The van der Waals surface area contributed by atoms with Gasteiger partial charge in [-0.2, -0.15) is 0 Å². The van der Waals surface area contributed by atoms with Gasteiger partial charge in [0.2, 0.25) is 0 Å². The maximum Gasteiger partial charge on any atom is -0.00146 e.